The highest BCUT2D eigenvalue weighted by Gasteiger charge is 2.20. The number of rotatable bonds is 5. The van der Waals surface area contributed by atoms with Crippen LogP contribution in [0.15, 0.2) is 0 Å². The Bertz CT molecular complexity index is 210. The van der Waals surface area contributed by atoms with Crippen molar-refractivity contribution in [3.05, 3.63) is 0 Å². The topological polar surface area (TPSA) is 41.4 Å². The van der Waals surface area contributed by atoms with Crippen LogP contribution in [-0.2, 0) is 4.79 Å². The number of quaternary nitrogens is 2. The van der Waals surface area contributed by atoms with Gasteiger partial charge in [-0.05, 0) is 18.8 Å². The van der Waals surface area contributed by atoms with E-state index in [1.54, 1.807) is 0 Å². The number of carbonyl (C=O) groups is 1. The van der Waals surface area contributed by atoms with Gasteiger partial charge in [0, 0.05) is 13.1 Å². The molecule has 0 atom stereocenters. The first-order valence-electron chi connectivity index (χ1n) is 6.48. The SMILES string of the molecule is CC1CCN(C(=O)C[NH2+]CC[NH+](C)C)CC1. The van der Waals surface area contributed by atoms with E-state index in [1.165, 1.54) is 17.7 Å². The fourth-order valence-electron chi connectivity index (χ4n) is 2.00. The van der Waals surface area contributed by atoms with E-state index in [-0.39, 0.29) is 0 Å². The van der Waals surface area contributed by atoms with E-state index in [0.717, 1.165) is 32.1 Å². The second-order valence-electron chi connectivity index (χ2n) is 5.30. The fraction of sp³-hybridized carbons (Fsp3) is 0.917. The molecule has 0 aromatic heterocycles. The first-order chi connectivity index (χ1) is 7.59. The largest absolute Gasteiger partial charge is 0.338 e. The second-order valence-corrected chi connectivity index (χ2v) is 5.30. The van der Waals surface area contributed by atoms with Gasteiger partial charge in [0.05, 0.1) is 14.1 Å². The van der Waals surface area contributed by atoms with E-state index >= 15 is 0 Å². The molecule has 1 rings (SSSR count). The number of likely N-dealkylation sites (tertiary alicyclic amines) is 1. The summed E-state index contributed by atoms with van der Waals surface area (Å²) >= 11 is 0. The Kier molecular flexibility index (Phi) is 5.77. The molecule has 16 heavy (non-hydrogen) atoms. The van der Waals surface area contributed by atoms with Crippen LogP contribution in [0.4, 0.5) is 0 Å². The van der Waals surface area contributed by atoms with Gasteiger partial charge in [-0.3, -0.25) is 4.79 Å². The first kappa shape index (κ1) is 13.5. The molecule has 0 aromatic carbocycles. The van der Waals surface area contributed by atoms with Crippen molar-refractivity contribution in [2.45, 2.75) is 19.8 Å². The zero-order valence-electron chi connectivity index (χ0n) is 11.0. The van der Waals surface area contributed by atoms with Crippen molar-refractivity contribution in [3.8, 4) is 0 Å². The van der Waals surface area contributed by atoms with Gasteiger partial charge >= 0.3 is 0 Å². The van der Waals surface area contributed by atoms with Gasteiger partial charge in [0.2, 0.25) is 0 Å². The van der Waals surface area contributed by atoms with E-state index in [4.69, 9.17) is 0 Å². The van der Waals surface area contributed by atoms with Crippen LogP contribution >= 0.6 is 0 Å². The molecule has 0 radical (unpaired) electrons. The molecule has 4 nitrogen and oxygen atoms in total. The maximum atomic E-state index is 11.8. The molecule has 0 spiro atoms. The molecule has 0 unspecified atom stereocenters. The summed E-state index contributed by atoms with van der Waals surface area (Å²) in [5, 5.41) is 2.13. The third kappa shape index (κ3) is 4.94. The summed E-state index contributed by atoms with van der Waals surface area (Å²) in [6.45, 7) is 6.98. The van der Waals surface area contributed by atoms with E-state index in [0.29, 0.717) is 12.5 Å². The molecular weight excluding hydrogens is 202 g/mol. The van der Waals surface area contributed by atoms with Gasteiger partial charge in [-0.25, -0.2) is 0 Å². The number of likely N-dealkylation sites (N-methyl/N-ethyl adjacent to an activating group) is 1. The van der Waals surface area contributed by atoms with Crippen LogP contribution < -0.4 is 10.2 Å². The van der Waals surface area contributed by atoms with Crippen LogP contribution in [0.5, 0.6) is 0 Å². The third-order valence-corrected chi connectivity index (χ3v) is 3.30. The molecule has 94 valence electrons. The predicted octanol–water partition coefficient (Wildman–Crippen LogP) is -2.05. The van der Waals surface area contributed by atoms with Gasteiger partial charge in [-0.2, -0.15) is 0 Å². The molecule has 4 heteroatoms. The van der Waals surface area contributed by atoms with Crippen LogP contribution in [0.3, 0.4) is 0 Å². The lowest BCUT2D eigenvalue weighted by atomic mass is 9.99. The molecule has 0 aromatic rings. The molecule has 1 fully saturated rings. The van der Waals surface area contributed by atoms with Gasteiger partial charge in [-0.15, -0.1) is 0 Å². The third-order valence-electron chi connectivity index (χ3n) is 3.30. The predicted molar refractivity (Wildman–Crippen MR) is 64.3 cm³/mol. The van der Waals surface area contributed by atoms with Crippen LogP contribution in [0.25, 0.3) is 0 Å². The number of piperidine rings is 1. The summed E-state index contributed by atoms with van der Waals surface area (Å²) in [4.78, 5) is 15.3. The zero-order valence-corrected chi connectivity index (χ0v) is 11.0. The molecule has 0 aliphatic carbocycles. The van der Waals surface area contributed by atoms with E-state index < -0.39 is 0 Å². The molecule has 1 aliphatic rings. The molecule has 3 N–H and O–H groups in total. The monoisotopic (exact) mass is 229 g/mol. The highest BCUT2D eigenvalue weighted by atomic mass is 16.2. The van der Waals surface area contributed by atoms with Crippen molar-refractivity contribution >= 4 is 5.91 Å². The van der Waals surface area contributed by atoms with Gasteiger partial charge in [0.15, 0.2) is 6.54 Å². The average Bonchev–Trinajstić information content (AvgIpc) is 2.25. The zero-order chi connectivity index (χ0) is 12.0. The lowest BCUT2D eigenvalue weighted by Crippen LogP contribution is -3.09. The minimum Gasteiger partial charge on any atom is -0.338 e. The molecule has 0 saturated carbocycles. The number of nitrogens with one attached hydrogen (secondary N) is 1. The minimum atomic E-state index is 0.320. The van der Waals surface area contributed by atoms with Crippen LogP contribution in [0.2, 0.25) is 0 Å². The number of hydrogen-bond acceptors (Lipinski definition) is 1. The maximum absolute atomic E-state index is 11.8. The van der Waals surface area contributed by atoms with Crippen molar-refractivity contribution in [2.75, 3.05) is 46.8 Å². The summed E-state index contributed by atoms with van der Waals surface area (Å²) in [7, 11) is 4.28. The summed E-state index contributed by atoms with van der Waals surface area (Å²) in [6.07, 6.45) is 2.35. The molecule has 1 amide bonds. The number of nitrogens with zero attached hydrogens (tertiary/aromatic N) is 1. The van der Waals surface area contributed by atoms with Crippen molar-refractivity contribution in [1.82, 2.24) is 4.90 Å². The number of nitrogens with two attached hydrogens (primary N) is 1. The number of amides is 1. The Balaban J connectivity index is 2.10. The molecule has 0 bridgehead atoms. The van der Waals surface area contributed by atoms with Gasteiger partial charge in [0.1, 0.15) is 13.1 Å². The molecular formula is C12H27N3O+2. The highest BCUT2D eigenvalue weighted by molar-refractivity contribution is 5.77. The molecule has 1 aliphatic heterocycles. The van der Waals surface area contributed by atoms with Crippen molar-refractivity contribution in [3.63, 3.8) is 0 Å². The molecule has 1 saturated heterocycles. The first-order valence-corrected chi connectivity index (χ1v) is 6.48. The van der Waals surface area contributed by atoms with Crippen molar-refractivity contribution in [1.29, 1.82) is 0 Å². The summed E-state index contributed by atoms with van der Waals surface area (Å²) in [5.41, 5.74) is 0. The fourth-order valence-corrected chi connectivity index (χ4v) is 2.00. The number of hydrogen-bond donors (Lipinski definition) is 2. The average molecular weight is 229 g/mol. The van der Waals surface area contributed by atoms with Crippen molar-refractivity contribution in [2.24, 2.45) is 5.92 Å². The Hall–Kier alpha value is -0.610. The summed E-state index contributed by atoms with van der Waals surface area (Å²) in [6, 6.07) is 0. The van der Waals surface area contributed by atoms with Gasteiger partial charge in [0.25, 0.3) is 5.91 Å². The highest BCUT2D eigenvalue weighted by Crippen LogP contribution is 2.15. The maximum Gasteiger partial charge on any atom is 0.277 e. The standard InChI is InChI=1S/C12H25N3O/c1-11-4-7-15(8-5-11)12(16)10-13-6-9-14(2)3/h11,13H,4-10H2,1-3H3/p+2. The Morgan fingerprint density at radius 1 is 1.38 bits per heavy atom. The van der Waals surface area contributed by atoms with Crippen LogP contribution in [0.1, 0.15) is 19.8 Å². The summed E-state index contributed by atoms with van der Waals surface area (Å²) in [5.74, 6) is 1.12. The quantitative estimate of drug-likeness (QED) is 0.524. The van der Waals surface area contributed by atoms with E-state index in [2.05, 4.69) is 26.3 Å². The van der Waals surface area contributed by atoms with E-state index in [1.807, 2.05) is 4.90 Å². The summed E-state index contributed by atoms with van der Waals surface area (Å²) < 4.78 is 0. The van der Waals surface area contributed by atoms with Crippen LogP contribution in [-0.4, -0.2) is 57.6 Å². The minimum absolute atomic E-state index is 0.320. The smallest absolute Gasteiger partial charge is 0.277 e. The van der Waals surface area contributed by atoms with E-state index in [9.17, 15) is 4.79 Å². The lowest BCUT2D eigenvalue weighted by molar-refractivity contribution is -0.873. The Labute approximate surface area is 99.0 Å². The number of carbonyl (C=O) groups excluding carboxylic acids is 1. The Morgan fingerprint density at radius 3 is 2.56 bits per heavy atom. The molecule has 1 heterocycles. The van der Waals surface area contributed by atoms with Crippen molar-refractivity contribution < 1.29 is 15.0 Å². The van der Waals surface area contributed by atoms with Gasteiger partial charge in [-0.1, -0.05) is 6.92 Å². The van der Waals surface area contributed by atoms with Gasteiger partial charge < -0.3 is 15.1 Å². The lowest BCUT2D eigenvalue weighted by Gasteiger charge is -2.29. The second kappa shape index (κ2) is 6.86. The van der Waals surface area contributed by atoms with Crippen LogP contribution in [0, 0.1) is 5.92 Å². The Morgan fingerprint density at radius 2 is 2.00 bits per heavy atom. The normalized spacial score (nSPS) is 18.1.